The van der Waals surface area contributed by atoms with Crippen molar-refractivity contribution in [3.05, 3.63) is 159 Å². The van der Waals surface area contributed by atoms with E-state index in [-0.39, 0.29) is 18.0 Å². The van der Waals surface area contributed by atoms with Crippen LogP contribution in [-0.4, -0.2) is 10.0 Å². The highest BCUT2D eigenvalue weighted by atomic mass is 16.6. The molecule has 0 aliphatic heterocycles. The van der Waals surface area contributed by atoms with Crippen molar-refractivity contribution in [1.29, 1.82) is 0 Å². The van der Waals surface area contributed by atoms with Crippen LogP contribution in [0.3, 0.4) is 0 Å². The maximum absolute atomic E-state index is 11.4. The van der Waals surface area contributed by atoms with Crippen molar-refractivity contribution < 1.29 is 14.8 Å². The Morgan fingerprint density at radius 2 is 1.19 bits per heavy atom. The molecule has 0 saturated carbocycles. The van der Waals surface area contributed by atoms with E-state index in [4.69, 9.17) is 4.74 Å². The molecule has 0 aromatic heterocycles. The number of nitro groups is 1. The van der Waals surface area contributed by atoms with Crippen LogP contribution in [0.25, 0.3) is 11.1 Å². The molecule has 5 nitrogen and oxygen atoms in total. The average Bonchev–Trinajstić information content (AvgIpc) is 3.24. The molecule has 1 N–H and O–H groups in total. The lowest BCUT2D eigenvalue weighted by Crippen LogP contribution is -2.28. The topological polar surface area (TPSA) is 72.6 Å². The molecule has 0 fully saturated rings. The van der Waals surface area contributed by atoms with Gasteiger partial charge in [-0.15, -0.1) is 0 Å². The number of rotatable bonds is 6. The third-order valence-corrected chi connectivity index (χ3v) is 7.12. The van der Waals surface area contributed by atoms with E-state index in [1.54, 1.807) is 30.3 Å². The molecule has 1 aliphatic carbocycles. The average molecular weight is 486 g/mol. The predicted octanol–water partition coefficient (Wildman–Crippen LogP) is 7.24. The van der Waals surface area contributed by atoms with Gasteiger partial charge in [-0.25, -0.2) is 0 Å². The van der Waals surface area contributed by atoms with Gasteiger partial charge in [-0.3, -0.25) is 10.1 Å². The summed E-state index contributed by atoms with van der Waals surface area (Å²) in [7, 11) is 0. The zero-order valence-corrected chi connectivity index (χ0v) is 19.9. The van der Waals surface area contributed by atoms with Gasteiger partial charge in [0.15, 0.2) is 0 Å². The van der Waals surface area contributed by atoms with Crippen molar-refractivity contribution in [2.75, 3.05) is 0 Å². The first-order valence-electron chi connectivity index (χ1n) is 12.0. The Hall–Kier alpha value is -4.90. The lowest BCUT2D eigenvalue weighted by Gasteiger charge is -2.34. The smallest absolute Gasteiger partial charge is 0.276 e. The van der Waals surface area contributed by atoms with Crippen LogP contribution >= 0.6 is 0 Å². The second kappa shape index (κ2) is 8.95. The molecule has 5 aromatic carbocycles. The van der Waals surface area contributed by atoms with Gasteiger partial charge in [0.2, 0.25) is 0 Å². The highest BCUT2D eigenvalue weighted by Gasteiger charge is 2.45. The van der Waals surface area contributed by atoms with Crippen molar-refractivity contribution >= 4 is 5.69 Å². The molecule has 0 heterocycles. The number of ether oxygens (including phenoxy) is 1. The zero-order chi connectivity index (χ0) is 25.4. The number of hydrogen-bond donors (Lipinski definition) is 1. The first kappa shape index (κ1) is 22.6. The van der Waals surface area contributed by atoms with E-state index in [1.807, 2.05) is 24.3 Å². The number of nitrogens with zero attached hydrogens (tertiary/aromatic N) is 1. The van der Waals surface area contributed by atoms with Crippen LogP contribution in [0.15, 0.2) is 121 Å². The van der Waals surface area contributed by atoms with Crippen LogP contribution in [-0.2, 0) is 12.0 Å². The summed E-state index contributed by atoms with van der Waals surface area (Å²) < 4.78 is 5.96. The minimum Gasteiger partial charge on any atom is -0.508 e. The summed E-state index contributed by atoms with van der Waals surface area (Å²) in [5, 5.41) is 21.4. The van der Waals surface area contributed by atoms with Crippen molar-refractivity contribution in [2.24, 2.45) is 0 Å². The number of phenolic OH excluding ortho intramolecular Hbond substituents is 1. The van der Waals surface area contributed by atoms with Gasteiger partial charge in [-0.1, -0.05) is 84.9 Å². The van der Waals surface area contributed by atoms with Crippen LogP contribution in [0.1, 0.15) is 27.8 Å². The third kappa shape index (κ3) is 3.64. The van der Waals surface area contributed by atoms with Crippen molar-refractivity contribution in [1.82, 2.24) is 0 Å². The SMILES string of the molecule is O=[N+]([O-])c1ccccc1COc1ccc(C2(c3ccc(O)cc3)c3ccccc3-c3ccccc32)cc1. The molecule has 37 heavy (non-hydrogen) atoms. The molecule has 0 bridgehead atoms. The number of phenols is 1. The van der Waals surface area contributed by atoms with E-state index in [9.17, 15) is 15.2 Å². The second-order valence-electron chi connectivity index (χ2n) is 9.09. The van der Waals surface area contributed by atoms with E-state index >= 15 is 0 Å². The van der Waals surface area contributed by atoms with Gasteiger partial charge in [0.05, 0.1) is 15.9 Å². The molecule has 5 aromatic rings. The van der Waals surface area contributed by atoms with Crippen molar-refractivity contribution in [3.63, 3.8) is 0 Å². The minimum atomic E-state index is -0.572. The molecule has 180 valence electrons. The molecular formula is C32H23NO4. The Morgan fingerprint density at radius 1 is 0.676 bits per heavy atom. The van der Waals surface area contributed by atoms with Crippen molar-refractivity contribution in [3.8, 4) is 22.6 Å². The highest BCUT2D eigenvalue weighted by Crippen LogP contribution is 2.56. The fourth-order valence-electron chi connectivity index (χ4n) is 5.51. The third-order valence-electron chi connectivity index (χ3n) is 7.12. The Labute approximate surface area is 214 Å². The first-order chi connectivity index (χ1) is 18.1. The number of aromatic hydroxyl groups is 1. The van der Waals surface area contributed by atoms with Gasteiger partial charge < -0.3 is 9.84 Å². The number of para-hydroxylation sites is 1. The largest absolute Gasteiger partial charge is 0.508 e. The number of fused-ring (bicyclic) bond motifs is 3. The van der Waals surface area contributed by atoms with E-state index in [0.29, 0.717) is 11.3 Å². The molecule has 0 saturated heterocycles. The molecular weight excluding hydrogens is 462 g/mol. The summed E-state index contributed by atoms with van der Waals surface area (Å²) >= 11 is 0. The molecule has 1 aliphatic rings. The number of benzene rings is 5. The van der Waals surface area contributed by atoms with E-state index in [2.05, 4.69) is 60.7 Å². The van der Waals surface area contributed by atoms with Gasteiger partial charge in [0, 0.05) is 6.07 Å². The van der Waals surface area contributed by atoms with Crippen LogP contribution in [0.2, 0.25) is 0 Å². The quantitative estimate of drug-likeness (QED) is 0.199. The van der Waals surface area contributed by atoms with Crippen molar-refractivity contribution in [2.45, 2.75) is 12.0 Å². The summed E-state index contributed by atoms with van der Waals surface area (Å²) in [6.07, 6.45) is 0. The Bertz CT molecular complexity index is 1560. The van der Waals surface area contributed by atoms with Gasteiger partial charge in [0.25, 0.3) is 5.69 Å². The normalized spacial score (nSPS) is 13.0. The molecule has 5 heteroatoms. The maximum Gasteiger partial charge on any atom is 0.276 e. The van der Waals surface area contributed by atoms with Crippen LogP contribution in [0.5, 0.6) is 11.5 Å². The van der Waals surface area contributed by atoms with E-state index < -0.39 is 10.3 Å². The predicted molar refractivity (Wildman–Crippen MR) is 143 cm³/mol. The van der Waals surface area contributed by atoms with Gasteiger partial charge >= 0.3 is 0 Å². The fourth-order valence-corrected chi connectivity index (χ4v) is 5.51. The molecule has 6 rings (SSSR count). The first-order valence-corrected chi connectivity index (χ1v) is 12.0. The summed E-state index contributed by atoms with van der Waals surface area (Å²) in [5.74, 6) is 0.847. The standard InChI is InChI=1S/C32H23NO4/c34-25-17-13-23(14-18-25)32(29-10-4-2-8-27(29)28-9-3-5-11-30(28)32)24-15-19-26(20-16-24)37-21-22-7-1-6-12-31(22)33(35)36/h1-20,34H,21H2. The van der Waals surface area contributed by atoms with E-state index in [0.717, 1.165) is 11.1 Å². The Morgan fingerprint density at radius 3 is 1.78 bits per heavy atom. The fraction of sp³-hybridized carbons (Fsp3) is 0.0625. The van der Waals surface area contributed by atoms with Gasteiger partial charge in [-0.05, 0) is 63.7 Å². The number of hydrogen-bond acceptors (Lipinski definition) is 4. The van der Waals surface area contributed by atoms with Crippen LogP contribution in [0.4, 0.5) is 5.69 Å². The highest BCUT2D eigenvalue weighted by molar-refractivity contribution is 5.86. The maximum atomic E-state index is 11.4. The molecule has 0 atom stereocenters. The summed E-state index contributed by atoms with van der Waals surface area (Å²) in [6.45, 7) is 0.102. The van der Waals surface area contributed by atoms with Gasteiger partial charge in [-0.2, -0.15) is 0 Å². The lowest BCUT2D eigenvalue weighted by atomic mass is 9.68. The molecule has 0 amide bonds. The Balaban J connectivity index is 1.45. The lowest BCUT2D eigenvalue weighted by molar-refractivity contribution is -0.385. The van der Waals surface area contributed by atoms with Crippen LogP contribution < -0.4 is 4.74 Å². The second-order valence-corrected chi connectivity index (χ2v) is 9.09. The zero-order valence-electron chi connectivity index (χ0n) is 19.9. The minimum absolute atomic E-state index is 0.0459. The summed E-state index contributed by atoms with van der Waals surface area (Å²) in [5.41, 5.74) is 6.83. The molecule has 0 spiro atoms. The monoisotopic (exact) mass is 485 g/mol. The molecule has 0 radical (unpaired) electrons. The summed E-state index contributed by atoms with van der Waals surface area (Å²) in [6, 6.07) is 38.8. The van der Waals surface area contributed by atoms with Gasteiger partial charge in [0.1, 0.15) is 18.1 Å². The van der Waals surface area contributed by atoms with E-state index in [1.165, 1.54) is 28.3 Å². The summed E-state index contributed by atoms with van der Waals surface area (Å²) in [4.78, 5) is 11.0. The van der Waals surface area contributed by atoms with Crippen LogP contribution in [0, 0.1) is 10.1 Å². The number of nitro benzene ring substituents is 1. The Kier molecular flexibility index (Phi) is 5.46. The molecule has 0 unspecified atom stereocenters.